The van der Waals surface area contributed by atoms with E-state index in [-0.39, 0.29) is 6.04 Å². The van der Waals surface area contributed by atoms with Crippen LogP contribution in [-0.2, 0) is 0 Å². The van der Waals surface area contributed by atoms with E-state index in [0.29, 0.717) is 0 Å². The molecule has 2 rings (SSSR count). The van der Waals surface area contributed by atoms with Gasteiger partial charge in [0.1, 0.15) is 11.5 Å². The number of ether oxygens (including phenoxy) is 1. The fraction of sp³-hybridized carbons (Fsp3) is 0.412. The summed E-state index contributed by atoms with van der Waals surface area (Å²) in [6.07, 6.45) is 2.81. The lowest BCUT2D eigenvalue weighted by molar-refractivity contribution is 0.407. The van der Waals surface area contributed by atoms with E-state index in [4.69, 9.17) is 9.15 Å². The molecule has 0 aliphatic rings. The minimum atomic E-state index is 0.0910. The summed E-state index contributed by atoms with van der Waals surface area (Å²) in [5.41, 5.74) is 3.51. The Bertz CT molecular complexity index is 523. The average molecular weight is 273 g/mol. The van der Waals surface area contributed by atoms with Crippen LogP contribution in [0.25, 0.3) is 0 Å². The second kappa shape index (κ2) is 6.62. The fourth-order valence-electron chi connectivity index (χ4n) is 2.60. The van der Waals surface area contributed by atoms with Gasteiger partial charge in [0, 0.05) is 0 Å². The van der Waals surface area contributed by atoms with Crippen LogP contribution in [0.2, 0.25) is 0 Å². The smallest absolute Gasteiger partial charge is 0.125 e. The molecule has 0 spiro atoms. The molecule has 0 fully saturated rings. The Kier molecular flexibility index (Phi) is 4.85. The second-order valence-corrected chi connectivity index (χ2v) is 5.09. The molecule has 3 heteroatoms. The summed E-state index contributed by atoms with van der Waals surface area (Å²) in [5, 5.41) is 3.55. The predicted octanol–water partition coefficient (Wildman–Crippen LogP) is 3.99. The Hall–Kier alpha value is -1.74. The van der Waals surface area contributed by atoms with Crippen molar-refractivity contribution in [1.29, 1.82) is 0 Å². The molecule has 0 radical (unpaired) electrons. The molecule has 0 saturated carbocycles. The monoisotopic (exact) mass is 273 g/mol. The van der Waals surface area contributed by atoms with E-state index in [2.05, 4.69) is 38.2 Å². The summed E-state index contributed by atoms with van der Waals surface area (Å²) in [5.74, 6) is 1.91. The predicted molar refractivity (Wildman–Crippen MR) is 81.3 cm³/mol. The van der Waals surface area contributed by atoms with E-state index in [0.717, 1.165) is 35.6 Å². The number of nitrogens with one attached hydrogen (secondary N) is 1. The summed E-state index contributed by atoms with van der Waals surface area (Å²) in [7, 11) is 1.72. The molecule has 3 nitrogen and oxygen atoms in total. The number of benzene rings is 1. The van der Waals surface area contributed by atoms with Crippen molar-refractivity contribution >= 4 is 0 Å². The SMILES string of the molecule is CCCNC(c1cc(C)c(OC)c(C)c1)c1ccco1. The summed E-state index contributed by atoms with van der Waals surface area (Å²) >= 11 is 0. The van der Waals surface area contributed by atoms with Crippen LogP contribution >= 0.6 is 0 Å². The first kappa shape index (κ1) is 14.7. The van der Waals surface area contributed by atoms with Crippen molar-refractivity contribution in [3.63, 3.8) is 0 Å². The molecule has 2 aromatic rings. The number of methoxy groups -OCH3 is 1. The fourth-order valence-corrected chi connectivity index (χ4v) is 2.60. The van der Waals surface area contributed by atoms with Crippen molar-refractivity contribution in [2.45, 2.75) is 33.2 Å². The van der Waals surface area contributed by atoms with Crippen LogP contribution in [0.1, 0.15) is 41.8 Å². The number of hydrogen-bond acceptors (Lipinski definition) is 3. The number of hydrogen-bond donors (Lipinski definition) is 1. The molecule has 0 amide bonds. The minimum Gasteiger partial charge on any atom is -0.496 e. The maximum Gasteiger partial charge on any atom is 0.125 e. The standard InChI is InChI=1S/C17H23NO2/c1-5-8-18-16(15-7-6-9-20-15)14-10-12(2)17(19-4)13(3)11-14/h6-7,9-11,16,18H,5,8H2,1-4H3. The van der Waals surface area contributed by atoms with Gasteiger partial charge in [-0.25, -0.2) is 0 Å². The highest BCUT2D eigenvalue weighted by Crippen LogP contribution is 2.30. The van der Waals surface area contributed by atoms with Crippen LogP contribution in [0.5, 0.6) is 5.75 Å². The maximum atomic E-state index is 5.59. The molecule has 1 heterocycles. The van der Waals surface area contributed by atoms with E-state index in [1.165, 1.54) is 5.56 Å². The first-order valence-corrected chi connectivity index (χ1v) is 7.09. The minimum absolute atomic E-state index is 0.0910. The van der Waals surface area contributed by atoms with Gasteiger partial charge < -0.3 is 14.5 Å². The van der Waals surface area contributed by atoms with Crippen LogP contribution in [0.15, 0.2) is 34.9 Å². The van der Waals surface area contributed by atoms with E-state index in [1.54, 1.807) is 13.4 Å². The van der Waals surface area contributed by atoms with Crippen LogP contribution in [0.3, 0.4) is 0 Å². The summed E-state index contributed by atoms with van der Waals surface area (Å²) < 4.78 is 11.0. The molecule has 1 unspecified atom stereocenters. The van der Waals surface area contributed by atoms with Crippen molar-refractivity contribution in [3.8, 4) is 5.75 Å². The van der Waals surface area contributed by atoms with Crippen LogP contribution in [0.4, 0.5) is 0 Å². The second-order valence-electron chi connectivity index (χ2n) is 5.09. The average Bonchev–Trinajstić information content (AvgIpc) is 2.93. The zero-order valence-corrected chi connectivity index (χ0v) is 12.7. The van der Waals surface area contributed by atoms with Gasteiger partial charge in [0.15, 0.2) is 0 Å². The van der Waals surface area contributed by atoms with E-state index in [9.17, 15) is 0 Å². The molecule has 1 N–H and O–H groups in total. The largest absolute Gasteiger partial charge is 0.496 e. The number of furan rings is 1. The normalized spacial score (nSPS) is 12.4. The first-order chi connectivity index (χ1) is 9.67. The van der Waals surface area contributed by atoms with Gasteiger partial charge in [-0.2, -0.15) is 0 Å². The Balaban J connectivity index is 2.38. The van der Waals surface area contributed by atoms with Crippen molar-refractivity contribution in [3.05, 3.63) is 53.0 Å². The molecule has 0 aliphatic carbocycles. The van der Waals surface area contributed by atoms with Crippen molar-refractivity contribution in [2.24, 2.45) is 0 Å². The van der Waals surface area contributed by atoms with Crippen LogP contribution < -0.4 is 10.1 Å². The lowest BCUT2D eigenvalue weighted by atomic mass is 9.98. The molecule has 0 aliphatic heterocycles. The lowest BCUT2D eigenvalue weighted by Gasteiger charge is -2.19. The molecule has 108 valence electrons. The highest BCUT2D eigenvalue weighted by atomic mass is 16.5. The molecule has 0 saturated heterocycles. The van der Waals surface area contributed by atoms with Gasteiger partial charge in [0.25, 0.3) is 0 Å². The molecule has 1 aromatic heterocycles. The van der Waals surface area contributed by atoms with Crippen molar-refractivity contribution in [1.82, 2.24) is 5.32 Å². The summed E-state index contributed by atoms with van der Waals surface area (Å²) in [6.45, 7) is 7.27. The van der Waals surface area contributed by atoms with Crippen LogP contribution in [0, 0.1) is 13.8 Å². The Morgan fingerprint density at radius 3 is 2.45 bits per heavy atom. The summed E-state index contributed by atoms with van der Waals surface area (Å²) in [4.78, 5) is 0. The summed E-state index contributed by atoms with van der Waals surface area (Å²) in [6, 6.07) is 8.37. The first-order valence-electron chi connectivity index (χ1n) is 7.09. The third-order valence-corrected chi connectivity index (χ3v) is 3.45. The molecule has 20 heavy (non-hydrogen) atoms. The molecular weight excluding hydrogens is 250 g/mol. The van der Waals surface area contributed by atoms with Gasteiger partial charge in [-0.1, -0.05) is 19.1 Å². The zero-order chi connectivity index (χ0) is 14.5. The number of aryl methyl sites for hydroxylation is 2. The topological polar surface area (TPSA) is 34.4 Å². The van der Waals surface area contributed by atoms with E-state index in [1.807, 2.05) is 12.1 Å². The lowest BCUT2D eigenvalue weighted by Crippen LogP contribution is -2.23. The quantitative estimate of drug-likeness (QED) is 0.864. The van der Waals surface area contributed by atoms with Gasteiger partial charge in [0.05, 0.1) is 19.4 Å². The molecule has 1 atom stereocenters. The van der Waals surface area contributed by atoms with Gasteiger partial charge >= 0.3 is 0 Å². The molecular formula is C17H23NO2. The highest BCUT2D eigenvalue weighted by molar-refractivity contribution is 5.45. The highest BCUT2D eigenvalue weighted by Gasteiger charge is 2.18. The van der Waals surface area contributed by atoms with Gasteiger partial charge in [0.2, 0.25) is 0 Å². The van der Waals surface area contributed by atoms with Gasteiger partial charge in [-0.05, 0) is 55.6 Å². The van der Waals surface area contributed by atoms with E-state index >= 15 is 0 Å². The van der Waals surface area contributed by atoms with Crippen LogP contribution in [-0.4, -0.2) is 13.7 Å². The van der Waals surface area contributed by atoms with Crippen molar-refractivity contribution < 1.29 is 9.15 Å². The Morgan fingerprint density at radius 1 is 1.25 bits per heavy atom. The van der Waals surface area contributed by atoms with Gasteiger partial charge in [-0.15, -0.1) is 0 Å². The Labute approximate surface area is 121 Å². The maximum absolute atomic E-state index is 5.59. The third kappa shape index (κ3) is 3.05. The Morgan fingerprint density at radius 2 is 1.95 bits per heavy atom. The van der Waals surface area contributed by atoms with Gasteiger partial charge in [-0.3, -0.25) is 0 Å². The molecule has 1 aromatic carbocycles. The number of rotatable bonds is 6. The molecule has 0 bridgehead atoms. The third-order valence-electron chi connectivity index (χ3n) is 3.45. The van der Waals surface area contributed by atoms with E-state index < -0.39 is 0 Å². The van der Waals surface area contributed by atoms with Crippen molar-refractivity contribution in [2.75, 3.05) is 13.7 Å². The zero-order valence-electron chi connectivity index (χ0n) is 12.7.